The Kier molecular flexibility index (Phi) is 6.74. The van der Waals surface area contributed by atoms with Gasteiger partial charge in [0.05, 0.1) is 13.2 Å². The van der Waals surface area contributed by atoms with Crippen LogP contribution in [0.4, 0.5) is 4.79 Å². The highest BCUT2D eigenvalue weighted by Crippen LogP contribution is 2.25. The number of urea groups is 1. The molecule has 0 aliphatic rings. The van der Waals surface area contributed by atoms with E-state index in [1.54, 1.807) is 12.1 Å². The number of nitrogens with one attached hydrogen (secondary N) is 2. The van der Waals surface area contributed by atoms with Crippen LogP contribution in [0.1, 0.15) is 6.92 Å². The predicted octanol–water partition coefficient (Wildman–Crippen LogP) is 0.848. The van der Waals surface area contributed by atoms with E-state index < -0.39 is 18.5 Å². The van der Waals surface area contributed by atoms with Crippen LogP contribution in [-0.2, 0) is 4.79 Å². The van der Waals surface area contributed by atoms with E-state index in [1.165, 1.54) is 0 Å². The molecule has 20 heavy (non-hydrogen) atoms. The van der Waals surface area contributed by atoms with Gasteiger partial charge in [-0.3, -0.25) is 4.79 Å². The van der Waals surface area contributed by atoms with Gasteiger partial charge in [0.25, 0.3) is 0 Å². The third kappa shape index (κ3) is 5.94. The average molecular weight is 282 g/mol. The first-order valence-corrected chi connectivity index (χ1v) is 6.21. The molecule has 0 heterocycles. The summed E-state index contributed by atoms with van der Waals surface area (Å²) in [5.74, 6) is 0.148. The van der Waals surface area contributed by atoms with E-state index in [9.17, 15) is 9.59 Å². The first-order valence-electron chi connectivity index (χ1n) is 6.21. The summed E-state index contributed by atoms with van der Waals surface area (Å²) in [6, 6.07) is 6.69. The molecule has 0 aliphatic carbocycles. The Bertz CT molecular complexity index is 450. The lowest BCUT2D eigenvalue weighted by atomic mass is 10.3. The number of carbonyl (C=O) groups excluding carboxylic acids is 1. The number of hydrogen-bond donors (Lipinski definition) is 3. The van der Waals surface area contributed by atoms with E-state index >= 15 is 0 Å². The summed E-state index contributed by atoms with van der Waals surface area (Å²) in [5.41, 5.74) is 0. The first kappa shape index (κ1) is 15.6. The summed E-state index contributed by atoms with van der Waals surface area (Å²) < 4.78 is 10.9. The number of carbonyl (C=O) groups is 2. The van der Waals surface area contributed by atoms with Crippen molar-refractivity contribution in [1.82, 2.24) is 10.6 Å². The van der Waals surface area contributed by atoms with Crippen molar-refractivity contribution in [3.8, 4) is 11.5 Å². The largest absolute Gasteiger partial charge is 0.490 e. The fourth-order valence-electron chi connectivity index (χ4n) is 1.39. The van der Waals surface area contributed by atoms with Crippen molar-refractivity contribution < 1.29 is 24.2 Å². The first-order chi connectivity index (χ1) is 9.63. The van der Waals surface area contributed by atoms with Gasteiger partial charge in [0.2, 0.25) is 0 Å². The van der Waals surface area contributed by atoms with Crippen molar-refractivity contribution >= 4 is 12.0 Å². The van der Waals surface area contributed by atoms with Crippen LogP contribution in [-0.4, -0.2) is 43.4 Å². The third-order valence-corrected chi connectivity index (χ3v) is 2.19. The fraction of sp³-hybridized carbons (Fsp3) is 0.385. The lowest BCUT2D eigenvalue weighted by Gasteiger charge is -2.12. The van der Waals surface area contributed by atoms with Gasteiger partial charge < -0.3 is 25.2 Å². The smallest absolute Gasteiger partial charge is 0.323 e. The second kappa shape index (κ2) is 8.63. The van der Waals surface area contributed by atoms with Crippen molar-refractivity contribution in [3.05, 3.63) is 24.3 Å². The Balaban J connectivity index is 2.27. The molecule has 0 aromatic heterocycles. The van der Waals surface area contributed by atoms with E-state index in [0.717, 1.165) is 0 Å². The number of hydrogen-bond acceptors (Lipinski definition) is 4. The van der Waals surface area contributed by atoms with E-state index in [0.29, 0.717) is 18.1 Å². The zero-order valence-electron chi connectivity index (χ0n) is 11.2. The van der Waals surface area contributed by atoms with Crippen LogP contribution in [0.5, 0.6) is 11.5 Å². The van der Waals surface area contributed by atoms with Gasteiger partial charge in [0.1, 0.15) is 13.2 Å². The minimum atomic E-state index is -1.10. The van der Waals surface area contributed by atoms with E-state index in [2.05, 4.69) is 10.6 Å². The van der Waals surface area contributed by atoms with E-state index in [4.69, 9.17) is 14.6 Å². The summed E-state index contributed by atoms with van der Waals surface area (Å²) in [5, 5.41) is 13.0. The number of amides is 2. The number of benzene rings is 1. The molecule has 3 N–H and O–H groups in total. The van der Waals surface area contributed by atoms with Gasteiger partial charge in [-0.1, -0.05) is 12.1 Å². The van der Waals surface area contributed by atoms with Crippen molar-refractivity contribution in [2.24, 2.45) is 0 Å². The molecule has 2 amide bonds. The monoisotopic (exact) mass is 282 g/mol. The van der Waals surface area contributed by atoms with Gasteiger partial charge >= 0.3 is 12.0 Å². The SMILES string of the molecule is CCOc1ccccc1OCCNC(=O)NCC(=O)O. The lowest BCUT2D eigenvalue weighted by Crippen LogP contribution is -2.40. The Morgan fingerprint density at radius 2 is 1.80 bits per heavy atom. The van der Waals surface area contributed by atoms with E-state index in [1.807, 2.05) is 19.1 Å². The second-order valence-electron chi connectivity index (χ2n) is 3.73. The van der Waals surface area contributed by atoms with Crippen LogP contribution in [0.2, 0.25) is 0 Å². The van der Waals surface area contributed by atoms with Crippen LogP contribution in [0.25, 0.3) is 0 Å². The van der Waals surface area contributed by atoms with Crippen LogP contribution >= 0.6 is 0 Å². The molecule has 0 unspecified atom stereocenters. The van der Waals surface area contributed by atoms with Crippen LogP contribution in [0, 0.1) is 0 Å². The molecular formula is C13H18N2O5. The predicted molar refractivity (Wildman–Crippen MR) is 72.1 cm³/mol. The zero-order valence-corrected chi connectivity index (χ0v) is 11.2. The standard InChI is InChI=1S/C13H18N2O5/c1-2-19-10-5-3-4-6-11(10)20-8-7-14-13(18)15-9-12(16)17/h3-6H,2,7-9H2,1H3,(H,16,17)(H2,14,15,18). The topological polar surface area (TPSA) is 96.9 Å². The van der Waals surface area contributed by atoms with Gasteiger partial charge in [-0.25, -0.2) is 4.79 Å². The molecule has 0 radical (unpaired) electrons. The van der Waals surface area contributed by atoms with Crippen LogP contribution < -0.4 is 20.1 Å². The number of carboxylic acid groups (broad SMARTS) is 1. The van der Waals surface area contributed by atoms with Crippen molar-refractivity contribution in [2.75, 3.05) is 26.3 Å². The number of aliphatic carboxylic acids is 1. The zero-order chi connectivity index (χ0) is 14.8. The number of carboxylic acids is 1. The second-order valence-corrected chi connectivity index (χ2v) is 3.73. The van der Waals surface area contributed by atoms with Crippen LogP contribution in [0.3, 0.4) is 0 Å². The van der Waals surface area contributed by atoms with Crippen molar-refractivity contribution in [1.29, 1.82) is 0 Å². The summed E-state index contributed by atoms with van der Waals surface area (Å²) in [4.78, 5) is 21.4. The molecule has 7 nitrogen and oxygen atoms in total. The highest BCUT2D eigenvalue weighted by atomic mass is 16.5. The summed E-state index contributed by atoms with van der Waals surface area (Å²) >= 11 is 0. The fourth-order valence-corrected chi connectivity index (χ4v) is 1.39. The van der Waals surface area contributed by atoms with Gasteiger partial charge in [0, 0.05) is 0 Å². The molecule has 0 aliphatic heterocycles. The van der Waals surface area contributed by atoms with Crippen molar-refractivity contribution in [2.45, 2.75) is 6.92 Å². The molecule has 110 valence electrons. The molecule has 1 aromatic rings. The van der Waals surface area contributed by atoms with E-state index in [-0.39, 0.29) is 13.2 Å². The molecule has 0 atom stereocenters. The maximum atomic E-state index is 11.2. The average Bonchev–Trinajstić information content (AvgIpc) is 2.43. The summed E-state index contributed by atoms with van der Waals surface area (Å²) in [6.45, 7) is 2.51. The highest BCUT2D eigenvalue weighted by molar-refractivity contribution is 5.79. The third-order valence-electron chi connectivity index (χ3n) is 2.19. The number of ether oxygens (including phenoxy) is 2. The molecular weight excluding hydrogens is 264 g/mol. The Hall–Kier alpha value is -2.44. The molecule has 1 rings (SSSR count). The minimum absolute atomic E-state index is 0.255. The Labute approximate surface area is 116 Å². The number of para-hydroxylation sites is 2. The molecule has 0 saturated carbocycles. The highest BCUT2D eigenvalue weighted by Gasteiger charge is 2.04. The van der Waals surface area contributed by atoms with Gasteiger partial charge in [0.15, 0.2) is 11.5 Å². The molecule has 7 heteroatoms. The maximum Gasteiger partial charge on any atom is 0.323 e. The normalized spacial score (nSPS) is 9.65. The minimum Gasteiger partial charge on any atom is -0.490 e. The molecule has 0 saturated heterocycles. The quantitative estimate of drug-likeness (QED) is 0.614. The summed E-state index contributed by atoms with van der Waals surface area (Å²) in [7, 11) is 0. The van der Waals surface area contributed by atoms with Crippen molar-refractivity contribution in [3.63, 3.8) is 0 Å². The molecule has 0 bridgehead atoms. The molecule has 0 fully saturated rings. The molecule has 1 aromatic carbocycles. The van der Waals surface area contributed by atoms with Gasteiger partial charge in [-0.15, -0.1) is 0 Å². The maximum absolute atomic E-state index is 11.2. The Morgan fingerprint density at radius 3 is 2.40 bits per heavy atom. The van der Waals surface area contributed by atoms with Gasteiger partial charge in [-0.05, 0) is 19.1 Å². The Morgan fingerprint density at radius 1 is 1.15 bits per heavy atom. The van der Waals surface area contributed by atoms with Gasteiger partial charge in [-0.2, -0.15) is 0 Å². The lowest BCUT2D eigenvalue weighted by molar-refractivity contribution is -0.135. The number of rotatable bonds is 8. The molecule has 0 spiro atoms. The van der Waals surface area contributed by atoms with Crippen LogP contribution in [0.15, 0.2) is 24.3 Å². The summed E-state index contributed by atoms with van der Waals surface area (Å²) in [6.07, 6.45) is 0.